The summed E-state index contributed by atoms with van der Waals surface area (Å²) >= 11 is 0. The molecule has 1 aromatic rings. The number of amides is 3. The first-order valence-electron chi connectivity index (χ1n) is 9.81. The highest BCUT2D eigenvalue weighted by atomic mass is 16.4. The number of aliphatic carboxylic acids is 1. The number of carbonyl (C=O) groups excluding carboxylic acids is 4. The lowest BCUT2D eigenvalue weighted by Crippen LogP contribution is -2.40. The Morgan fingerprint density at radius 1 is 1.13 bits per heavy atom. The Labute approximate surface area is 181 Å². The Kier molecular flexibility index (Phi) is 9.59. The second kappa shape index (κ2) is 11.6. The molecule has 0 heterocycles. The molecule has 0 fully saturated rings. The van der Waals surface area contributed by atoms with Crippen molar-refractivity contribution in [3.63, 3.8) is 0 Å². The number of hydrogen-bond acceptors (Lipinski definition) is 5. The molecule has 1 atom stereocenters. The van der Waals surface area contributed by atoms with Crippen LogP contribution in [0.15, 0.2) is 36.9 Å². The molecule has 0 spiro atoms. The molecule has 9 heteroatoms. The van der Waals surface area contributed by atoms with E-state index < -0.39 is 29.2 Å². The van der Waals surface area contributed by atoms with Crippen molar-refractivity contribution < 1.29 is 29.1 Å². The number of para-hydroxylation sites is 1. The normalized spacial score (nSPS) is 11.7. The maximum atomic E-state index is 12.6. The highest BCUT2D eigenvalue weighted by Crippen LogP contribution is 2.22. The van der Waals surface area contributed by atoms with Gasteiger partial charge in [0.25, 0.3) is 0 Å². The van der Waals surface area contributed by atoms with E-state index in [2.05, 4.69) is 22.5 Å². The zero-order valence-electron chi connectivity index (χ0n) is 18.0. The first-order chi connectivity index (χ1) is 14.5. The van der Waals surface area contributed by atoms with Crippen LogP contribution in [0.3, 0.4) is 0 Å². The van der Waals surface area contributed by atoms with Crippen LogP contribution < -0.4 is 16.0 Å². The van der Waals surface area contributed by atoms with E-state index in [0.29, 0.717) is 11.3 Å². The molecular weight excluding hydrogens is 402 g/mol. The summed E-state index contributed by atoms with van der Waals surface area (Å²) < 4.78 is 0. The molecule has 0 saturated heterocycles. The van der Waals surface area contributed by atoms with Crippen molar-refractivity contribution in [2.45, 2.75) is 46.1 Å². The Bertz CT molecular complexity index is 863. The minimum Gasteiger partial charge on any atom is -0.480 e. The summed E-state index contributed by atoms with van der Waals surface area (Å²) in [4.78, 5) is 59.0. The third-order valence-electron chi connectivity index (χ3n) is 4.58. The predicted octanol–water partition coefficient (Wildman–Crippen LogP) is 1.90. The summed E-state index contributed by atoms with van der Waals surface area (Å²) in [6, 6.07) is 5.43. The number of anilines is 1. The molecule has 4 N–H and O–H groups in total. The standard InChI is InChI=1S/C22H29N3O6/c1-5-22(3,4)21(31)25-16-9-7-6-8-15(16)18(27)12-13-23-19(28)11-10-17(20(29)30)24-14(2)26/h5-9,17H,1,10-13H2,2-4H3,(H,23,28)(H,24,26)(H,25,31)(H,29,30). The van der Waals surface area contributed by atoms with Gasteiger partial charge >= 0.3 is 5.97 Å². The van der Waals surface area contributed by atoms with Crippen molar-refractivity contribution in [3.05, 3.63) is 42.5 Å². The molecule has 168 valence electrons. The Morgan fingerprint density at radius 3 is 2.35 bits per heavy atom. The smallest absolute Gasteiger partial charge is 0.326 e. The lowest BCUT2D eigenvalue weighted by molar-refractivity contribution is -0.141. The number of nitrogens with one attached hydrogen (secondary N) is 3. The molecule has 0 aliphatic rings. The Hall–Kier alpha value is -3.49. The zero-order chi connectivity index (χ0) is 23.6. The first-order valence-corrected chi connectivity index (χ1v) is 9.81. The minimum absolute atomic E-state index is 0.00245. The maximum absolute atomic E-state index is 12.6. The molecule has 9 nitrogen and oxygen atoms in total. The maximum Gasteiger partial charge on any atom is 0.326 e. The fourth-order valence-corrected chi connectivity index (χ4v) is 2.53. The molecule has 1 rings (SSSR count). The Morgan fingerprint density at radius 2 is 1.77 bits per heavy atom. The largest absolute Gasteiger partial charge is 0.480 e. The minimum atomic E-state index is -1.23. The van der Waals surface area contributed by atoms with Gasteiger partial charge in [-0.25, -0.2) is 4.79 Å². The van der Waals surface area contributed by atoms with Crippen molar-refractivity contribution in [3.8, 4) is 0 Å². The van der Waals surface area contributed by atoms with Gasteiger partial charge in [0.1, 0.15) is 6.04 Å². The number of carboxylic acids is 1. The Balaban J connectivity index is 2.61. The lowest BCUT2D eigenvalue weighted by atomic mass is 9.92. The summed E-state index contributed by atoms with van der Waals surface area (Å²) in [5.74, 6) is -2.73. The van der Waals surface area contributed by atoms with E-state index >= 15 is 0 Å². The van der Waals surface area contributed by atoms with Crippen molar-refractivity contribution in [1.29, 1.82) is 0 Å². The van der Waals surface area contributed by atoms with E-state index in [-0.39, 0.29) is 37.5 Å². The number of hydrogen-bond donors (Lipinski definition) is 4. The van der Waals surface area contributed by atoms with Crippen LogP contribution >= 0.6 is 0 Å². The van der Waals surface area contributed by atoms with Gasteiger partial charge in [0.15, 0.2) is 5.78 Å². The van der Waals surface area contributed by atoms with Gasteiger partial charge in [-0.1, -0.05) is 18.2 Å². The second-order valence-corrected chi connectivity index (χ2v) is 7.58. The zero-order valence-corrected chi connectivity index (χ0v) is 18.0. The highest BCUT2D eigenvalue weighted by molar-refractivity contribution is 6.06. The summed E-state index contributed by atoms with van der Waals surface area (Å²) in [5, 5.41) is 16.6. The fraction of sp³-hybridized carbons (Fsp3) is 0.409. The third kappa shape index (κ3) is 8.41. The van der Waals surface area contributed by atoms with Crippen molar-refractivity contribution in [1.82, 2.24) is 10.6 Å². The number of Topliss-reactive ketones (excluding diaryl/α,β-unsaturated/α-hetero) is 1. The average molecular weight is 431 g/mol. The van der Waals surface area contributed by atoms with Gasteiger partial charge in [-0.3, -0.25) is 19.2 Å². The van der Waals surface area contributed by atoms with Crippen LogP contribution in [0.4, 0.5) is 5.69 Å². The van der Waals surface area contributed by atoms with Gasteiger partial charge in [0, 0.05) is 31.9 Å². The number of ketones is 1. The fourth-order valence-electron chi connectivity index (χ4n) is 2.53. The molecule has 0 radical (unpaired) electrons. The van der Waals surface area contributed by atoms with Crippen LogP contribution in [0.25, 0.3) is 0 Å². The molecule has 0 saturated carbocycles. The predicted molar refractivity (Wildman–Crippen MR) is 115 cm³/mol. The van der Waals surface area contributed by atoms with E-state index in [4.69, 9.17) is 5.11 Å². The van der Waals surface area contributed by atoms with Crippen LogP contribution in [0, 0.1) is 5.41 Å². The molecule has 0 bridgehead atoms. The molecule has 0 aliphatic heterocycles. The summed E-state index contributed by atoms with van der Waals surface area (Å²) in [7, 11) is 0. The van der Waals surface area contributed by atoms with E-state index in [1.54, 1.807) is 38.1 Å². The van der Waals surface area contributed by atoms with E-state index in [1.807, 2.05) is 0 Å². The van der Waals surface area contributed by atoms with Gasteiger partial charge in [-0.15, -0.1) is 6.58 Å². The molecule has 1 unspecified atom stereocenters. The van der Waals surface area contributed by atoms with Gasteiger partial charge in [0.2, 0.25) is 17.7 Å². The van der Waals surface area contributed by atoms with Crippen molar-refractivity contribution in [2.75, 3.05) is 11.9 Å². The molecule has 0 aromatic heterocycles. The molecule has 3 amide bonds. The SMILES string of the molecule is C=CC(C)(C)C(=O)Nc1ccccc1C(=O)CCNC(=O)CCC(NC(C)=O)C(=O)O. The van der Waals surface area contributed by atoms with Crippen LogP contribution in [0.5, 0.6) is 0 Å². The van der Waals surface area contributed by atoms with Gasteiger partial charge in [-0.05, 0) is 32.4 Å². The molecular formula is C22H29N3O6. The quantitative estimate of drug-likeness (QED) is 0.294. The second-order valence-electron chi connectivity index (χ2n) is 7.58. The van der Waals surface area contributed by atoms with Gasteiger partial charge in [0.05, 0.1) is 11.1 Å². The van der Waals surface area contributed by atoms with Crippen LogP contribution in [0.2, 0.25) is 0 Å². The summed E-state index contributed by atoms with van der Waals surface area (Å²) in [6.07, 6.45) is 1.33. The number of benzene rings is 1. The summed E-state index contributed by atoms with van der Waals surface area (Å²) in [5.41, 5.74) is -0.116. The first kappa shape index (κ1) is 25.5. The highest BCUT2D eigenvalue weighted by Gasteiger charge is 2.25. The topological polar surface area (TPSA) is 142 Å². The lowest BCUT2D eigenvalue weighted by Gasteiger charge is -2.20. The number of carboxylic acid groups (broad SMARTS) is 1. The van der Waals surface area contributed by atoms with E-state index in [0.717, 1.165) is 0 Å². The average Bonchev–Trinajstić information content (AvgIpc) is 2.70. The molecule has 0 aliphatic carbocycles. The van der Waals surface area contributed by atoms with Crippen LogP contribution in [0.1, 0.15) is 50.4 Å². The van der Waals surface area contributed by atoms with Crippen molar-refractivity contribution in [2.24, 2.45) is 5.41 Å². The van der Waals surface area contributed by atoms with Crippen LogP contribution in [-0.4, -0.2) is 47.2 Å². The van der Waals surface area contributed by atoms with E-state index in [1.165, 1.54) is 13.0 Å². The van der Waals surface area contributed by atoms with Gasteiger partial charge < -0.3 is 21.1 Å². The van der Waals surface area contributed by atoms with Crippen LogP contribution in [-0.2, 0) is 19.2 Å². The third-order valence-corrected chi connectivity index (χ3v) is 4.58. The van der Waals surface area contributed by atoms with E-state index in [9.17, 15) is 24.0 Å². The van der Waals surface area contributed by atoms with Gasteiger partial charge in [-0.2, -0.15) is 0 Å². The number of carbonyl (C=O) groups is 5. The van der Waals surface area contributed by atoms with Crippen molar-refractivity contribution >= 4 is 35.2 Å². The molecule has 31 heavy (non-hydrogen) atoms. The summed E-state index contributed by atoms with van der Waals surface area (Å²) in [6.45, 7) is 8.29. The monoisotopic (exact) mass is 431 g/mol. The number of rotatable bonds is 12. The molecule has 1 aromatic carbocycles.